The van der Waals surface area contributed by atoms with Crippen LogP contribution in [0, 0.1) is 17.8 Å². The summed E-state index contributed by atoms with van der Waals surface area (Å²) < 4.78 is 90.9. The van der Waals surface area contributed by atoms with Crippen molar-refractivity contribution in [2.75, 3.05) is 32.3 Å². The summed E-state index contributed by atoms with van der Waals surface area (Å²) in [7, 11) is -0.440. The monoisotopic (exact) mass is 936 g/mol. The predicted octanol–water partition coefficient (Wildman–Crippen LogP) is 4.13. The van der Waals surface area contributed by atoms with Crippen LogP contribution in [0.15, 0.2) is 47.1 Å². The first-order chi connectivity index (χ1) is 30.9. The van der Waals surface area contributed by atoms with Crippen LogP contribution in [0.2, 0.25) is 0 Å². The molecule has 1 saturated carbocycles. The Kier molecular flexibility index (Phi) is 15.2. The van der Waals surface area contributed by atoms with E-state index in [0.29, 0.717) is 30.4 Å². The number of sulfone groups is 1. The van der Waals surface area contributed by atoms with Gasteiger partial charge in [-0.3, -0.25) is 4.79 Å². The molecule has 0 aromatic carbocycles. The minimum absolute atomic E-state index is 0.00831. The maximum absolute atomic E-state index is 14.4. The number of ether oxygens (including phenoxy) is 10. The number of aliphatic hydroxyl groups excluding tert-OH is 2. The second-order valence-electron chi connectivity index (χ2n) is 20.0. The molecule has 0 radical (unpaired) electrons. The van der Waals surface area contributed by atoms with Crippen LogP contribution >= 0.6 is 0 Å². The second kappa shape index (κ2) is 20.1. The average Bonchev–Trinajstić information content (AvgIpc) is 3.60. The molecule has 2 aliphatic carbocycles. The van der Waals surface area contributed by atoms with Crippen molar-refractivity contribution in [1.29, 1.82) is 0 Å². The summed E-state index contributed by atoms with van der Waals surface area (Å²) in [4.78, 5) is 14.4. The van der Waals surface area contributed by atoms with Gasteiger partial charge in [-0.25, -0.2) is 8.42 Å². The van der Waals surface area contributed by atoms with E-state index in [2.05, 4.69) is 0 Å². The van der Waals surface area contributed by atoms with E-state index in [1.54, 1.807) is 40.2 Å². The molecule has 6 heterocycles. The van der Waals surface area contributed by atoms with Crippen molar-refractivity contribution in [3.8, 4) is 0 Å². The lowest BCUT2D eigenvalue weighted by atomic mass is 9.71. The Morgan fingerprint density at radius 2 is 1.57 bits per heavy atom. The molecule has 6 aliphatic heterocycles. The first kappa shape index (κ1) is 49.3. The molecule has 1 spiro atoms. The van der Waals surface area contributed by atoms with Gasteiger partial charge in [0.15, 0.2) is 28.2 Å². The Balaban J connectivity index is 1.09. The Hall–Kier alpha value is -2.10. The van der Waals surface area contributed by atoms with E-state index < -0.39 is 119 Å². The molecule has 3 N–H and O–H groups in total. The molecule has 0 amide bonds. The number of fused-ring (bicyclic) bond motifs is 2. The zero-order valence-electron chi connectivity index (χ0n) is 39.0. The lowest BCUT2D eigenvalue weighted by Gasteiger charge is -2.49. The van der Waals surface area contributed by atoms with Crippen LogP contribution in [-0.4, -0.2) is 159 Å². The summed E-state index contributed by atoms with van der Waals surface area (Å²) >= 11 is 0. The van der Waals surface area contributed by atoms with Crippen molar-refractivity contribution in [1.82, 2.24) is 0 Å². The minimum Gasteiger partial charge on any atom is -0.462 e. The van der Waals surface area contributed by atoms with Crippen LogP contribution in [0.4, 0.5) is 0 Å². The molecule has 16 nitrogen and oxygen atoms in total. The molecule has 5 saturated heterocycles. The van der Waals surface area contributed by atoms with E-state index in [-0.39, 0.29) is 42.8 Å². The number of hydrogen-bond acceptors (Lipinski definition) is 16. The number of hydrogen-bond donors (Lipinski definition) is 3. The van der Waals surface area contributed by atoms with E-state index >= 15 is 0 Å². The molecule has 65 heavy (non-hydrogen) atoms. The quantitative estimate of drug-likeness (QED) is 0.243. The highest BCUT2D eigenvalue weighted by molar-refractivity contribution is 7.91. The van der Waals surface area contributed by atoms with Crippen LogP contribution in [-0.2, 0) is 62.0 Å². The van der Waals surface area contributed by atoms with Crippen molar-refractivity contribution in [3.05, 3.63) is 47.1 Å². The Morgan fingerprint density at radius 1 is 0.862 bits per heavy atom. The number of carbonyl (C=O) groups is 1. The van der Waals surface area contributed by atoms with E-state index in [1.165, 1.54) is 0 Å². The van der Waals surface area contributed by atoms with Gasteiger partial charge in [0, 0.05) is 45.8 Å². The van der Waals surface area contributed by atoms with Crippen molar-refractivity contribution < 1.29 is 75.9 Å². The van der Waals surface area contributed by atoms with Crippen LogP contribution in [0.3, 0.4) is 0 Å². The molecule has 0 aromatic rings. The lowest BCUT2D eigenvalue weighted by Crippen LogP contribution is -2.60. The van der Waals surface area contributed by atoms with Crippen molar-refractivity contribution in [2.45, 2.75) is 196 Å². The van der Waals surface area contributed by atoms with Gasteiger partial charge >= 0.3 is 5.97 Å². The topological polar surface area (TPSA) is 204 Å². The van der Waals surface area contributed by atoms with Gasteiger partial charge in [-0.05, 0) is 69.6 Å². The molecule has 17 heteroatoms. The molecule has 8 rings (SSSR count). The number of allylic oxidation sites excluding steroid dienone is 2. The van der Waals surface area contributed by atoms with Crippen LogP contribution in [0.1, 0.15) is 98.8 Å². The van der Waals surface area contributed by atoms with Gasteiger partial charge in [0.2, 0.25) is 0 Å². The molecule has 18 atom stereocenters. The van der Waals surface area contributed by atoms with Crippen LogP contribution in [0.5, 0.6) is 0 Å². The third-order valence-corrected chi connectivity index (χ3v) is 16.9. The third-order valence-electron chi connectivity index (χ3n) is 15.2. The Bertz CT molecular complexity index is 1930. The summed E-state index contributed by atoms with van der Waals surface area (Å²) in [5.41, 5.74) is -0.167. The van der Waals surface area contributed by atoms with E-state index in [4.69, 9.17) is 47.4 Å². The molecular formula is C48H72O16S. The summed E-state index contributed by atoms with van der Waals surface area (Å²) in [6.45, 7) is 9.34. The van der Waals surface area contributed by atoms with Gasteiger partial charge in [0.05, 0.1) is 55.1 Å². The molecule has 366 valence electrons. The smallest absolute Gasteiger partial charge is 0.316 e. The first-order valence-electron chi connectivity index (χ1n) is 23.8. The molecular weight excluding hydrogens is 865 g/mol. The maximum atomic E-state index is 14.4. The van der Waals surface area contributed by atoms with Crippen molar-refractivity contribution in [3.63, 3.8) is 0 Å². The molecule has 2 bridgehead atoms. The van der Waals surface area contributed by atoms with Gasteiger partial charge in [-0.15, -0.1) is 0 Å². The van der Waals surface area contributed by atoms with Gasteiger partial charge in [0.25, 0.3) is 0 Å². The van der Waals surface area contributed by atoms with E-state index in [1.807, 2.05) is 39.0 Å². The fourth-order valence-corrected chi connectivity index (χ4v) is 13.6. The Morgan fingerprint density at radius 3 is 2.31 bits per heavy atom. The van der Waals surface area contributed by atoms with Crippen molar-refractivity contribution in [2.24, 2.45) is 17.8 Å². The number of methoxy groups -OCH3 is 2. The highest BCUT2D eigenvalue weighted by Gasteiger charge is 2.60. The normalized spacial score (nSPS) is 48.5. The van der Waals surface area contributed by atoms with Gasteiger partial charge in [-0.2, -0.15) is 0 Å². The van der Waals surface area contributed by atoms with Crippen molar-refractivity contribution >= 4 is 15.8 Å². The molecule has 8 aliphatic rings. The summed E-state index contributed by atoms with van der Waals surface area (Å²) in [6, 6.07) is 0. The van der Waals surface area contributed by atoms with Gasteiger partial charge in [0.1, 0.15) is 47.8 Å². The summed E-state index contributed by atoms with van der Waals surface area (Å²) in [6.07, 6.45) is 6.01. The number of carbonyl (C=O) groups excluding carboxylic acids is 1. The summed E-state index contributed by atoms with van der Waals surface area (Å²) in [5.74, 6) is -4.09. The highest BCUT2D eigenvalue weighted by atomic mass is 32.2. The second-order valence-corrected chi connectivity index (χ2v) is 22.1. The third kappa shape index (κ3) is 10.4. The molecule has 6 fully saturated rings. The molecule has 0 aromatic heterocycles. The average molecular weight is 937 g/mol. The number of esters is 1. The Labute approximate surface area is 383 Å². The van der Waals surface area contributed by atoms with Crippen LogP contribution in [0.25, 0.3) is 0 Å². The maximum Gasteiger partial charge on any atom is 0.316 e. The zero-order chi connectivity index (χ0) is 46.4. The lowest BCUT2D eigenvalue weighted by molar-refractivity contribution is -0.318. The van der Waals surface area contributed by atoms with E-state index in [9.17, 15) is 28.5 Å². The van der Waals surface area contributed by atoms with E-state index in [0.717, 1.165) is 37.7 Å². The fourth-order valence-electron chi connectivity index (χ4n) is 11.7. The SMILES string of the molecule is CO[C@H]1C[C@H](O[C@H]2[C@H](C)O[C@@H](O[C@@H]3/C(C)=C/C[C@@H]4C[C@@H](C[C@]5(CS(=O)(=O)C[C@@H](C6CCCCC6)O5)O4)OC(=O)[C@@H]4C=C(C)[C@@H](O)[C@H]5OC/C(=C\C=C\[C@@H]3C)[C@]54O)C[C@@H]2OC)O[C@@H](C)[C@@H]1O. The standard InChI is InChI=1S/C48H72O16S/c1-26-12-11-15-32-23-57-45-41(49)28(3)18-35(48(32,45)52)46(51)60-34-19-33(63-47(22-34)25-65(53,54)24-38(64-47)31-13-9-8-10-14-31)17-16-27(2)43(26)61-40-21-37(56-7)44(30(5)59-40)62-39-20-36(55-6)42(50)29(4)58-39/h11-12,15-16,18,26,29-31,33-45,49-50,52H,8-10,13-14,17,19-25H2,1-7H3/b12-11+,27-16+,32-15+/t26-,29-,30-,33+,34-,35-,36-,37-,38-,39-,40-,41+,42-,43-,44-,45+,47-,48+/m0/s1. The van der Waals surface area contributed by atoms with Gasteiger partial charge in [-0.1, -0.05) is 56.6 Å². The zero-order valence-corrected chi connectivity index (χ0v) is 39.8. The van der Waals surface area contributed by atoms with Gasteiger partial charge < -0.3 is 62.7 Å². The number of aliphatic hydroxyl groups is 3. The molecule has 0 unspecified atom stereocenters. The summed E-state index contributed by atoms with van der Waals surface area (Å²) in [5, 5.41) is 34.3. The minimum atomic E-state index is -3.62. The number of rotatable bonds is 7. The van der Waals surface area contributed by atoms with Crippen LogP contribution < -0.4 is 0 Å². The fraction of sp³-hybridized carbons (Fsp3) is 0.812. The highest BCUT2D eigenvalue weighted by Crippen LogP contribution is 2.47. The first-order valence-corrected chi connectivity index (χ1v) is 25.6. The predicted molar refractivity (Wildman–Crippen MR) is 235 cm³/mol. The largest absolute Gasteiger partial charge is 0.462 e.